The van der Waals surface area contributed by atoms with Crippen LogP contribution in [0.2, 0.25) is 0 Å². The van der Waals surface area contributed by atoms with E-state index in [0.29, 0.717) is 0 Å². The maximum atomic E-state index is 12.3. The van der Waals surface area contributed by atoms with Crippen LogP contribution >= 0.6 is 0 Å². The molecule has 1 aromatic rings. The molecule has 2 aliphatic rings. The Morgan fingerprint density at radius 3 is 2.82 bits per heavy atom. The van der Waals surface area contributed by atoms with Gasteiger partial charge in [0.15, 0.2) is 0 Å². The first-order valence-corrected chi connectivity index (χ1v) is 8.03. The summed E-state index contributed by atoms with van der Waals surface area (Å²) < 4.78 is 5.29. The lowest BCUT2D eigenvalue weighted by Crippen LogP contribution is -2.35. The van der Waals surface area contributed by atoms with Crippen molar-refractivity contribution in [2.75, 3.05) is 39.1 Å². The van der Waals surface area contributed by atoms with Crippen LogP contribution in [0.15, 0.2) is 18.2 Å². The van der Waals surface area contributed by atoms with Gasteiger partial charge in [-0.15, -0.1) is 0 Å². The maximum Gasteiger partial charge on any atom is 0.241 e. The molecule has 5 heteroatoms. The number of fused-ring (bicyclic) bond motifs is 1. The summed E-state index contributed by atoms with van der Waals surface area (Å²) >= 11 is 0. The van der Waals surface area contributed by atoms with E-state index in [2.05, 4.69) is 34.7 Å². The first kappa shape index (κ1) is 15.5. The number of hydrogen-bond donors (Lipinski definition) is 2. The fourth-order valence-corrected chi connectivity index (χ4v) is 3.23. The van der Waals surface area contributed by atoms with Gasteiger partial charge in [-0.1, -0.05) is 6.07 Å². The van der Waals surface area contributed by atoms with Crippen molar-refractivity contribution in [2.24, 2.45) is 0 Å². The summed E-state index contributed by atoms with van der Waals surface area (Å²) in [6.07, 6.45) is 3.00. The summed E-state index contributed by atoms with van der Waals surface area (Å²) in [6, 6.07) is 6.15. The summed E-state index contributed by atoms with van der Waals surface area (Å²) in [5.41, 5.74) is 3.66. The Morgan fingerprint density at radius 1 is 1.32 bits per heavy atom. The molecule has 1 amide bonds. The number of ether oxygens (including phenoxy) is 1. The Bertz CT molecular complexity index is 547. The molecule has 1 aromatic carbocycles. The predicted molar refractivity (Wildman–Crippen MR) is 87.2 cm³/mol. The number of amides is 1. The Morgan fingerprint density at radius 2 is 2.09 bits per heavy atom. The zero-order chi connectivity index (χ0) is 15.5. The SMILES string of the molecule is CO[C@H]1CN[C@@H](C(=O)Nc2ccc3c(c2)CCN(C)CC3)C1. The smallest absolute Gasteiger partial charge is 0.241 e. The van der Waals surface area contributed by atoms with E-state index in [-0.39, 0.29) is 18.1 Å². The van der Waals surface area contributed by atoms with Crippen LogP contribution in [0.5, 0.6) is 0 Å². The van der Waals surface area contributed by atoms with Crippen LogP contribution in [0.1, 0.15) is 17.5 Å². The van der Waals surface area contributed by atoms with Gasteiger partial charge in [0.2, 0.25) is 5.91 Å². The quantitative estimate of drug-likeness (QED) is 0.876. The van der Waals surface area contributed by atoms with Gasteiger partial charge in [0.1, 0.15) is 0 Å². The molecule has 0 bridgehead atoms. The highest BCUT2D eigenvalue weighted by atomic mass is 16.5. The van der Waals surface area contributed by atoms with Gasteiger partial charge in [-0.3, -0.25) is 4.79 Å². The molecule has 1 saturated heterocycles. The number of nitrogens with one attached hydrogen (secondary N) is 2. The highest BCUT2D eigenvalue weighted by Crippen LogP contribution is 2.21. The highest BCUT2D eigenvalue weighted by molar-refractivity contribution is 5.95. The molecule has 2 aliphatic heterocycles. The molecule has 2 atom stereocenters. The Balaban J connectivity index is 1.65. The third-order valence-electron chi connectivity index (χ3n) is 4.74. The molecular weight excluding hydrogens is 278 g/mol. The van der Waals surface area contributed by atoms with Gasteiger partial charge >= 0.3 is 0 Å². The van der Waals surface area contributed by atoms with Gasteiger partial charge in [-0.25, -0.2) is 0 Å². The summed E-state index contributed by atoms with van der Waals surface area (Å²) in [5.74, 6) is 0.0326. The van der Waals surface area contributed by atoms with Gasteiger partial charge < -0.3 is 20.3 Å². The number of methoxy groups -OCH3 is 1. The number of hydrogen-bond acceptors (Lipinski definition) is 4. The fraction of sp³-hybridized carbons (Fsp3) is 0.588. The van der Waals surface area contributed by atoms with Gasteiger partial charge in [-0.05, 0) is 49.6 Å². The second-order valence-electron chi connectivity index (χ2n) is 6.33. The van der Waals surface area contributed by atoms with E-state index in [0.717, 1.165) is 44.6 Å². The number of nitrogens with zero attached hydrogens (tertiary/aromatic N) is 1. The average molecular weight is 303 g/mol. The molecule has 2 heterocycles. The van der Waals surface area contributed by atoms with E-state index in [1.165, 1.54) is 11.1 Å². The standard InChI is InChI=1S/C17H25N3O2/c1-20-7-5-12-3-4-14(9-13(12)6-8-20)19-17(21)16-10-15(22-2)11-18-16/h3-4,9,15-16,18H,5-8,10-11H2,1-2H3,(H,19,21)/t15-,16-/m1/s1. The topological polar surface area (TPSA) is 53.6 Å². The zero-order valence-electron chi connectivity index (χ0n) is 13.4. The van der Waals surface area contributed by atoms with E-state index in [4.69, 9.17) is 4.74 Å². The fourth-order valence-electron chi connectivity index (χ4n) is 3.23. The van der Waals surface area contributed by atoms with Crippen LogP contribution in [0, 0.1) is 0 Å². The lowest BCUT2D eigenvalue weighted by atomic mass is 10.0. The van der Waals surface area contributed by atoms with Crippen molar-refractivity contribution in [1.82, 2.24) is 10.2 Å². The molecule has 0 aromatic heterocycles. The van der Waals surface area contributed by atoms with E-state index < -0.39 is 0 Å². The van der Waals surface area contributed by atoms with Crippen LogP contribution in [-0.2, 0) is 22.4 Å². The van der Waals surface area contributed by atoms with Crippen molar-refractivity contribution in [3.05, 3.63) is 29.3 Å². The molecule has 5 nitrogen and oxygen atoms in total. The number of carbonyl (C=O) groups is 1. The summed E-state index contributed by atoms with van der Waals surface area (Å²) in [7, 11) is 3.85. The van der Waals surface area contributed by atoms with Crippen molar-refractivity contribution in [3.63, 3.8) is 0 Å². The molecule has 120 valence electrons. The molecule has 0 spiro atoms. The van der Waals surface area contributed by atoms with Crippen molar-refractivity contribution < 1.29 is 9.53 Å². The lowest BCUT2D eigenvalue weighted by Gasteiger charge is -2.13. The van der Waals surface area contributed by atoms with Crippen molar-refractivity contribution in [1.29, 1.82) is 0 Å². The van der Waals surface area contributed by atoms with Crippen LogP contribution in [0.4, 0.5) is 5.69 Å². The second kappa shape index (κ2) is 6.77. The van der Waals surface area contributed by atoms with Crippen molar-refractivity contribution in [3.8, 4) is 0 Å². The zero-order valence-corrected chi connectivity index (χ0v) is 13.4. The monoisotopic (exact) mass is 303 g/mol. The Kier molecular flexibility index (Phi) is 4.76. The van der Waals surface area contributed by atoms with Gasteiger partial charge in [0, 0.05) is 32.4 Å². The van der Waals surface area contributed by atoms with E-state index in [1.807, 2.05) is 6.07 Å². The summed E-state index contributed by atoms with van der Waals surface area (Å²) in [4.78, 5) is 14.7. The van der Waals surface area contributed by atoms with Crippen LogP contribution in [0.3, 0.4) is 0 Å². The summed E-state index contributed by atoms with van der Waals surface area (Å²) in [5, 5.41) is 6.25. The van der Waals surface area contributed by atoms with Crippen molar-refractivity contribution >= 4 is 11.6 Å². The third-order valence-corrected chi connectivity index (χ3v) is 4.74. The molecule has 1 fully saturated rings. The number of carbonyl (C=O) groups excluding carboxylic acids is 1. The normalized spacial score (nSPS) is 25.5. The third kappa shape index (κ3) is 3.48. The van der Waals surface area contributed by atoms with E-state index >= 15 is 0 Å². The molecule has 0 unspecified atom stereocenters. The second-order valence-corrected chi connectivity index (χ2v) is 6.33. The molecule has 3 rings (SSSR count). The first-order chi connectivity index (χ1) is 10.7. The average Bonchev–Trinajstić information content (AvgIpc) is 2.93. The minimum atomic E-state index is -0.158. The van der Waals surface area contributed by atoms with Crippen molar-refractivity contribution in [2.45, 2.75) is 31.4 Å². The van der Waals surface area contributed by atoms with Gasteiger partial charge in [0.25, 0.3) is 0 Å². The lowest BCUT2D eigenvalue weighted by molar-refractivity contribution is -0.118. The van der Waals surface area contributed by atoms with Crippen LogP contribution in [0.25, 0.3) is 0 Å². The molecule has 0 radical (unpaired) electrons. The number of rotatable bonds is 3. The first-order valence-electron chi connectivity index (χ1n) is 8.03. The predicted octanol–water partition coefficient (Wildman–Crippen LogP) is 1.03. The maximum absolute atomic E-state index is 12.3. The van der Waals surface area contributed by atoms with E-state index in [1.54, 1.807) is 7.11 Å². The minimum absolute atomic E-state index is 0.0326. The minimum Gasteiger partial charge on any atom is -0.380 e. The molecule has 0 saturated carbocycles. The largest absolute Gasteiger partial charge is 0.380 e. The number of benzene rings is 1. The van der Waals surface area contributed by atoms with Crippen LogP contribution in [-0.4, -0.2) is 56.7 Å². The van der Waals surface area contributed by atoms with Crippen LogP contribution < -0.4 is 10.6 Å². The molecular formula is C17H25N3O2. The Hall–Kier alpha value is -1.43. The Labute approximate surface area is 132 Å². The number of likely N-dealkylation sites (N-methyl/N-ethyl adjacent to an activating group) is 1. The van der Waals surface area contributed by atoms with E-state index in [9.17, 15) is 4.79 Å². The summed E-state index contributed by atoms with van der Waals surface area (Å²) in [6.45, 7) is 2.91. The molecule has 0 aliphatic carbocycles. The molecule has 22 heavy (non-hydrogen) atoms. The molecule has 2 N–H and O–H groups in total. The number of anilines is 1. The van der Waals surface area contributed by atoms with Gasteiger partial charge in [0.05, 0.1) is 12.1 Å². The van der Waals surface area contributed by atoms with Gasteiger partial charge in [-0.2, -0.15) is 0 Å². The highest BCUT2D eigenvalue weighted by Gasteiger charge is 2.29.